The molecule has 1 unspecified atom stereocenters. The molecule has 1 heterocycles. The van der Waals surface area contributed by atoms with Crippen molar-refractivity contribution in [1.29, 1.82) is 0 Å². The molecule has 116 valence electrons. The van der Waals surface area contributed by atoms with Crippen molar-refractivity contribution in [3.8, 4) is 0 Å². The molecule has 1 saturated heterocycles. The van der Waals surface area contributed by atoms with E-state index < -0.39 is 0 Å². The molecule has 0 saturated carbocycles. The topological polar surface area (TPSA) is 32.3 Å². The Bertz CT molecular complexity index is 441. The molecule has 1 atom stereocenters. The number of benzene rings is 1. The fraction of sp³-hybridized carbons (Fsp3) is 0.588. The Balaban J connectivity index is 1.92. The summed E-state index contributed by atoms with van der Waals surface area (Å²) in [4.78, 5) is 14.5. The Morgan fingerprint density at radius 3 is 2.71 bits per heavy atom. The molecule has 1 aromatic rings. The third-order valence-electron chi connectivity index (χ3n) is 3.97. The van der Waals surface area contributed by atoms with Crippen molar-refractivity contribution >= 4 is 17.5 Å². The number of rotatable bonds is 6. The largest absolute Gasteiger partial charge is 0.341 e. The number of halogens is 1. The molecule has 0 spiro atoms. The average Bonchev–Trinajstić information content (AvgIpc) is 2.50. The van der Waals surface area contributed by atoms with E-state index in [-0.39, 0.29) is 5.91 Å². The Labute approximate surface area is 132 Å². The van der Waals surface area contributed by atoms with Gasteiger partial charge in [-0.3, -0.25) is 4.79 Å². The summed E-state index contributed by atoms with van der Waals surface area (Å²) in [6.07, 6.45) is 5.16. The van der Waals surface area contributed by atoms with Crippen molar-refractivity contribution in [2.75, 3.05) is 19.6 Å². The van der Waals surface area contributed by atoms with Crippen LogP contribution >= 0.6 is 11.6 Å². The van der Waals surface area contributed by atoms with Crippen molar-refractivity contribution in [3.05, 3.63) is 34.9 Å². The van der Waals surface area contributed by atoms with Gasteiger partial charge in [0.1, 0.15) is 0 Å². The minimum atomic E-state index is 0.214. The molecule has 1 amide bonds. The molecule has 1 aliphatic rings. The second-order valence-corrected chi connectivity index (χ2v) is 6.23. The summed E-state index contributed by atoms with van der Waals surface area (Å²) in [5, 5.41) is 4.23. The fourth-order valence-corrected chi connectivity index (χ4v) is 2.95. The van der Waals surface area contributed by atoms with E-state index in [1.54, 1.807) is 0 Å². The van der Waals surface area contributed by atoms with Gasteiger partial charge in [-0.25, -0.2) is 0 Å². The van der Waals surface area contributed by atoms with Crippen molar-refractivity contribution < 1.29 is 4.79 Å². The first kappa shape index (κ1) is 16.3. The SMILES string of the molecule is CCCN(CC1CCCCN1)C(=O)Cc1ccc(Cl)cc1. The quantitative estimate of drug-likeness (QED) is 0.875. The molecule has 3 nitrogen and oxygen atoms in total. The van der Waals surface area contributed by atoms with Crippen LogP contribution < -0.4 is 5.32 Å². The maximum atomic E-state index is 12.5. The minimum Gasteiger partial charge on any atom is -0.341 e. The monoisotopic (exact) mass is 308 g/mol. The van der Waals surface area contributed by atoms with E-state index in [0.29, 0.717) is 17.5 Å². The highest BCUT2D eigenvalue weighted by Gasteiger charge is 2.20. The van der Waals surface area contributed by atoms with Gasteiger partial charge in [0, 0.05) is 24.2 Å². The maximum Gasteiger partial charge on any atom is 0.227 e. The Kier molecular flexibility index (Phi) is 6.52. The fourth-order valence-electron chi connectivity index (χ4n) is 2.82. The van der Waals surface area contributed by atoms with Gasteiger partial charge >= 0.3 is 0 Å². The van der Waals surface area contributed by atoms with Crippen LogP contribution in [0, 0.1) is 0 Å². The summed E-state index contributed by atoms with van der Waals surface area (Å²) >= 11 is 5.89. The summed E-state index contributed by atoms with van der Waals surface area (Å²) in [5.74, 6) is 0.214. The van der Waals surface area contributed by atoms with Crippen molar-refractivity contribution in [2.24, 2.45) is 0 Å². The zero-order valence-electron chi connectivity index (χ0n) is 12.8. The second kappa shape index (κ2) is 8.40. The molecule has 21 heavy (non-hydrogen) atoms. The van der Waals surface area contributed by atoms with Gasteiger partial charge in [-0.05, 0) is 43.5 Å². The van der Waals surface area contributed by atoms with Crippen LogP contribution in [0.15, 0.2) is 24.3 Å². The molecule has 1 fully saturated rings. The number of carbonyl (C=O) groups is 1. The average molecular weight is 309 g/mol. The van der Waals surface area contributed by atoms with Crippen molar-refractivity contribution in [1.82, 2.24) is 10.2 Å². The number of nitrogens with zero attached hydrogens (tertiary/aromatic N) is 1. The zero-order valence-corrected chi connectivity index (χ0v) is 13.5. The van der Waals surface area contributed by atoms with Gasteiger partial charge in [-0.2, -0.15) is 0 Å². The molecule has 1 N–H and O–H groups in total. The molecular weight excluding hydrogens is 284 g/mol. The van der Waals surface area contributed by atoms with E-state index in [0.717, 1.165) is 31.6 Å². The second-order valence-electron chi connectivity index (χ2n) is 5.79. The first-order valence-electron chi connectivity index (χ1n) is 7.94. The molecular formula is C17H25ClN2O. The number of hydrogen-bond acceptors (Lipinski definition) is 2. The Morgan fingerprint density at radius 2 is 2.10 bits per heavy atom. The van der Waals surface area contributed by atoms with E-state index in [9.17, 15) is 4.79 Å². The lowest BCUT2D eigenvalue weighted by Gasteiger charge is -2.30. The summed E-state index contributed by atoms with van der Waals surface area (Å²) in [6, 6.07) is 8.01. The molecule has 4 heteroatoms. The molecule has 0 aromatic heterocycles. The lowest BCUT2D eigenvalue weighted by Crippen LogP contribution is -2.46. The molecule has 0 radical (unpaired) electrons. The number of hydrogen-bond donors (Lipinski definition) is 1. The highest BCUT2D eigenvalue weighted by molar-refractivity contribution is 6.30. The summed E-state index contributed by atoms with van der Waals surface area (Å²) in [7, 11) is 0. The van der Waals surface area contributed by atoms with E-state index in [2.05, 4.69) is 12.2 Å². The van der Waals surface area contributed by atoms with E-state index in [1.165, 1.54) is 19.3 Å². The molecule has 0 aliphatic carbocycles. The highest BCUT2D eigenvalue weighted by atomic mass is 35.5. The number of amides is 1. The van der Waals surface area contributed by atoms with Crippen molar-refractivity contribution in [3.63, 3.8) is 0 Å². The number of carbonyl (C=O) groups excluding carboxylic acids is 1. The molecule has 1 aliphatic heterocycles. The minimum absolute atomic E-state index is 0.214. The summed E-state index contributed by atoms with van der Waals surface area (Å²) < 4.78 is 0. The lowest BCUT2D eigenvalue weighted by atomic mass is 10.0. The molecule has 0 bridgehead atoms. The van der Waals surface area contributed by atoms with E-state index >= 15 is 0 Å². The smallest absolute Gasteiger partial charge is 0.227 e. The van der Waals surface area contributed by atoms with Gasteiger partial charge in [0.15, 0.2) is 0 Å². The molecule has 1 aromatic carbocycles. The summed E-state index contributed by atoms with van der Waals surface area (Å²) in [5.41, 5.74) is 1.03. The first-order valence-corrected chi connectivity index (χ1v) is 8.32. The van der Waals surface area contributed by atoms with Gasteiger partial charge in [0.2, 0.25) is 5.91 Å². The van der Waals surface area contributed by atoms with Crippen LogP contribution in [0.1, 0.15) is 38.2 Å². The van der Waals surface area contributed by atoms with Crippen LogP contribution in [-0.2, 0) is 11.2 Å². The third-order valence-corrected chi connectivity index (χ3v) is 4.22. The van der Waals surface area contributed by atoms with Crippen LogP contribution in [0.25, 0.3) is 0 Å². The van der Waals surface area contributed by atoms with Crippen LogP contribution in [0.2, 0.25) is 5.02 Å². The number of nitrogens with one attached hydrogen (secondary N) is 1. The lowest BCUT2D eigenvalue weighted by molar-refractivity contribution is -0.131. The maximum absolute atomic E-state index is 12.5. The van der Waals surface area contributed by atoms with E-state index in [1.807, 2.05) is 29.2 Å². The van der Waals surface area contributed by atoms with Gasteiger partial charge in [0.05, 0.1) is 6.42 Å². The van der Waals surface area contributed by atoms with Crippen LogP contribution in [-0.4, -0.2) is 36.5 Å². The number of piperidine rings is 1. The van der Waals surface area contributed by atoms with Gasteiger partial charge in [-0.1, -0.05) is 37.1 Å². The van der Waals surface area contributed by atoms with Crippen molar-refractivity contribution in [2.45, 2.75) is 45.1 Å². The predicted molar refractivity (Wildman–Crippen MR) is 87.7 cm³/mol. The standard InChI is InChI=1S/C17H25ClN2O/c1-2-11-20(13-16-5-3-4-10-19-16)17(21)12-14-6-8-15(18)9-7-14/h6-9,16,19H,2-5,10-13H2,1H3. The Morgan fingerprint density at radius 1 is 1.33 bits per heavy atom. The van der Waals surface area contributed by atoms with Crippen LogP contribution in [0.3, 0.4) is 0 Å². The normalized spacial score (nSPS) is 18.5. The van der Waals surface area contributed by atoms with Crippen LogP contribution in [0.4, 0.5) is 0 Å². The van der Waals surface area contributed by atoms with E-state index in [4.69, 9.17) is 11.6 Å². The van der Waals surface area contributed by atoms with Gasteiger partial charge in [-0.15, -0.1) is 0 Å². The highest BCUT2D eigenvalue weighted by Crippen LogP contribution is 2.13. The summed E-state index contributed by atoms with van der Waals surface area (Å²) in [6.45, 7) is 4.87. The first-order chi connectivity index (χ1) is 10.2. The van der Waals surface area contributed by atoms with Gasteiger partial charge in [0.25, 0.3) is 0 Å². The third kappa shape index (κ3) is 5.33. The van der Waals surface area contributed by atoms with Crippen LogP contribution in [0.5, 0.6) is 0 Å². The van der Waals surface area contributed by atoms with Gasteiger partial charge < -0.3 is 10.2 Å². The molecule has 2 rings (SSSR count). The zero-order chi connectivity index (χ0) is 15.1. The Hall–Kier alpha value is -1.06. The predicted octanol–water partition coefficient (Wildman–Crippen LogP) is 3.26.